The molecule has 0 heterocycles. The average molecular weight is 214 g/mol. The number of Topliss-reactive ketones (excluding diaryl/α,β-unsaturated/α-hetero) is 1. The Bertz CT molecular complexity index is 232. The van der Waals surface area contributed by atoms with Crippen LogP contribution in [0, 0.1) is 0 Å². The number of carbonyl (C=O) groups is 1. The van der Waals surface area contributed by atoms with E-state index < -0.39 is 5.54 Å². The Labute approximate surface area is 91.3 Å². The van der Waals surface area contributed by atoms with Crippen molar-refractivity contribution in [2.75, 3.05) is 13.1 Å². The Kier molecular flexibility index (Phi) is 5.93. The number of nitrogens with one attached hydrogen (secondary N) is 1. The number of unbranched alkanes of at least 4 members (excludes halogenated alkanes) is 1. The molecule has 5 nitrogen and oxygen atoms in total. The van der Waals surface area contributed by atoms with Crippen molar-refractivity contribution in [1.82, 2.24) is 5.32 Å². The van der Waals surface area contributed by atoms with E-state index in [4.69, 9.17) is 11.5 Å². The summed E-state index contributed by atoms with van der Waals surface area (Å²) in [6.07, 6.45) is 1.87. The highest BCUT2D eigenvalue weighted by Crippen LogP contribution is 2.03. The van der Waals surface area contributed by atoms with Crippen LogP contribution >= 0.6 is 0 Å². The van der Waals surface area contributed by atoms with Gasteiger partial charge in [-0.15, -0.1) is 0 Å². The van der Waals surface area contributed by atoms with Crippen LogP contribution in [0.5, 0.6) is 0 Å². The van der Waals surface area contributed by atoms with Gasteiger partial charge in [-0.05, 0) is 40.2 Å². The smallest absolute Gasteiger partial charge is 0.185 e. The van der Waals surface area contributed by atoms with Crippen molar-refractivity contribution in [3.63, 3.8) is 0 Å². The van der Waals surface area contributed by atoms with Crippen LogP contribution in [0.1, 0.15) is 33.6 Å². The van der Waals surface area contributed by atoms with Gasteiger partial charge in [0.25, 0.3) is 0 Å². The van der Waals surface area contributed by atoms with Gasteiger partial charge in [0.1, 0.15) is 5.78 Å². The minimum atomic E-state index is -0.434. The molecule has 0 fully saturated rings. The molecule has 0 aromatic rings. The van der Waals surface area contributed by atoms with Crippen LogP contribution in [-0.2, 0) is 4.79 Å². The molecule has 0 atom stereocenters. The zero-order chi connectivity index (χ0) is 11.9. The first-order valence-corrected chi connectivity index (χ1v) is 5.17. The van der Waals surface area contributed by atoms with Gasteiger partial charge in [-0.1, -0.05) is 0 Å². The molecule has 0 aromatic heterocycles. The maximum atomic E-state index is 11.2. The zero-order valence-electron chi connectivity index (χ0n) is 9.84. The van der Waals surface area contributed by atoms with Crippen molar-refractivity contribution in [2.45, 2.75) is 39.2 Å². The van der Waals surface area contributed by atoms with E-state index in [1.165, 1.54) is 0 Å². The standard InChI is InChI=1S/C10H22N4O/c1-8(15)10(2,3)14-7-5-4-6-13-9(11)12/h14H,4-7H2,1-3H3,(H4,11,12,13). The van der Waals surface area contributed by atoms with E-state index in [0.717, 1.165) is 19.4 Å². The lowest BCUT2D eigenvalue weighted by Crippen LogP contribution is -2.45. The maximum absolute atomic E-state index is 11.2. The Morgan fingerprint density at radius 3 is 2.40 bits per heavy atom. The molecule has 0 aromatic carbocycles. The second kappa shape index (κ2) is 6.40. The third-order valence-corrected chi connectivity index (χ3v) is 2.33. The van der Waals surface area contributed by atoms with Gasteiger partial charge >= 0.3 is 0 Å². The summed E-state index contributed by atoms with van der Waals surface area (Å²) >= 11 is 0. The van der Waals surface area contributed by atoms with E-state index >= 15 is 0 Å². The quantitative estimate of drug-likeness (QED) is 0.316. The minimum Gasteiger partial charge on any atom is -0.370 e. The molecule has 0 amide bonds. The van der Waals surface area contributed by atoms with Gasteiger partial charge in [0, 0.05) is 6.54 Å². The predicted octanol–water partition coefficient (Wildman–Crippen LogP) is -0.00280. The molecule has 5 heteroatoms. The number of aliphatic imine (C=N–C) groups is 1. The highest BCUT2D eigenvalue weighted by atomic mass is 16.1. The molecular formula is C10H22N4O. The summed E-state index contributed by atoms with van der Waals surface area (Å²) in [6.45, 7) is 6.79. The molecule has 0 aliphatic carbocycles. The van der Waals surface area contributed by atoms with E-state index in [-0.39, 0.29) is 11.7 Å². The summed E-state index contributed by atoms with van der Waals surface area (Å²) < 4.78 is 0. The Hall–Kier alpha value is -1.10. The molecule has 5 N–H and O–H groups in total. The summed E-state index contributed by atoms with van der Waals surface area (Å²) in [6, 6.07) is 0. The van der Waals surface area contributed by atoms with Crippen molar-refractivity contribution in [3.05, 3.63) is 0 Å². The first-order valence-electron chi connectivity index (χ1n) is 5.17. The van der Waals surface area contributed by atoms with Gasteiger partial charge in [-0.2, -0.15) is 0 Å². The van der Waals surface area contributed by atoms with Gasteiger partial charge in [0.15, 0.2) is 5.96 Å². The molecule has 0 spiro atoms. The minimum absolute atomic E-state index is 0.132. The van der Waals surface area contributed by atoms with Crippen LogP contribution in [-0.4, -0.2) is 30.4 Å². The number of hydrogen-bond donors (Lipinski definition) is 3. The van der Waals surface area contributed by atoms with Gasteiger partial charge in [-0.25, -0.2) is 0 Å². The summed E-state index contributed by atoms with van der Waals surface area (Å²) in [4.78, 5) is 15.0. The van der Waals surface area contributed by atoms with Crippen LogP contribution in [0.15, 0.2) is 4.99 Å². The number of ketones is 1. The summed E-state index contributed by atoms with van der Waals surface area (Å²) in [5.41, 5.74) is 9.93. The molecule has 0 saturated heterocycles. The van der Waals surface area contributed by atoms with Gasteiger partial charge in [0.05, 0.1) is 5.54 Å². The van der Waals surface area contributed by atoms with Crippen molar-refractivity contribution < 1.29 is 4.79 Å². The van der Waals surface area contributed by atoms with Crippen molar-refractivity contribution >= 4 is 11.7 Å². The lowest BCUT2D eigenvalue weighted by atomic mass is 10.0. The van der Waals surface area contributed by atoms with Gasteiger partial charge < -0.3 is 16.8 Å². The lowest BCUT2D eigenvalue weighted by molar-refractivity contribution is -0.122. The second-order valence-electron chi connectivity index (χ2n) is 4.12. The molecule has 15 heavy (non-hydrogen) atoms. The molecular weight excluding hydrogens is 192 g/mol. The fourth-order valence-corrected chi connectivity index (χ4v) is 0.970. The van der Waals surface area contributed by atoms with Crippen LogP contribution in [0.4, 0.5) is 0 Å². The van der Waals surface area contributed by atoms with Crippen LogP contribution < -0.4 is 16.8 Å². The molecule has 0 bridgehead atoms. The van der Waals surface area contributed by atoms with Crippen molar-refractivity contribution in [3.8, 4) is 0 Å². The summed E-state index contributed by atoms with van der Waals surface area (Å²) in [5.74, 6) is 0.277. The van der Waals surface area contributed by atoms with Crippen molar-refractivity contribution in [2.24, 2.45) is 16.5 Å². The molecule has 88 valence electrons. The van der Waals surface area contributed by atoms with Crippen LogP contribution in [0.2, 0.25) is 0 Å². The maximum Gasteiger partial charge on any atom is 0.185 e. The average Bonchev–Trinajstić information content (AvgIpc) is 2.10. The SMILES string of the molecule is CC(=O)C(C)(C)NCCCCN=C(N)N. The normalized spacial score (nSPS) is 11.1. The highest BCUT2D eigenvalue weighted by molar-refractivity contribution is 5.85. The topological polar surface area (TPSA) is 93.5 Å². The summed E-state index contributed by atoms with van der Waals surface area (Å²) in [5, 5.41) is 3.19. The van der Waals surface area contributed by atoms with Gasteiger partial charge in [-0.3, -0.25) is 9.79 Å². The molecule has 0 aliphatic heterocycles. The van der Waals surface area contributed by atoms with Gasteiger partial charge in [0.2, 0.25) is 0 Å². The monoisotopic (exact) mass is 214 g/mol. The number of hydrogen-bond acceptors (Lipinski definition) is 3. The van der Waals surface area contributed by atoms with E-state index in [2.05, 4.69) is 10.3 Å². The van der Waals surface area contributed by atoms with Crippen LogP contribution in [0.25, 0.3) is 0 Å². The largest absolute Gasteiger partial charge is 0.370 e. The molecule has 0 unspecified atom stereocenters. The predicted molar refractivity (Wildman–Crippen MR) is 62.7 cm³/mol. The van der Waals surface area contributed by atoms with E-state index in [1.807, 2.05) is 13.8 Å². The second-order valence-corrected chi connectivity index (χ2v) is 4.12. The molecule has 0 aliphatic rings. The third kappa shape index (κ3) is 6.90. The Balaban J connectivity index is 3.55. The lowest BCUT2D eigenvalue weighted by Gasteiger charge is -2.22. The number of guanidine groups is 1. The zero-order valence-corrected chi connectivity index (χ0v) is 9.84. The molecule has 0 radical (unpaired) electrons. The van der Waals surface area contributed by atoms with E-state index in [9.17, 15) is 4.79 Å². The van der Waals surface area contributed by atoms with Crippen molar-refractivity contribution in [1.29, 1.82) is 0 Å². The highest BCUT2D eigenvalue weighted by Gasteiger charge is 2.21. The molecule has 0 rings (SSSR count). The number of nitrogens with zero attached hydrogens (tertiary/aromatic N) is 1. The Morgan fingerprint density at radius 1 is 1.33 bits per heavy atom. The fraction of sp³-hybridized carbons (Fsp3) is 0.800. The number of nitrogens with two attached hydrogens (primary N) is 2. The molecule has 0 saturated carbocycles. The first kappa shape index (κ1) is 13.9. The van der Waals surface area contributed by atoms with Crippen LogP contribution in [0.3, 0.4) is 0 Å². The van der Waals surface area contributed by atoms with E-state index in [1.54, 1.807) is 6.92 Å². The van der Waals surface area contributed by atoms with E-state index in [0.29, 0.717) is 6.54 Å². The fourth-order valence-electron chi connectivity index (χ4n) is 0.970. The summed E-state index contributed by atoms with van der Waals surface area (Å²) in [7, 11) is 0. The number of rotatable bonds is 7. The first-order chi connectivity index (χ1) is 6.86. The third-order valence-electron chi connectivity index (χ3n) is 2.33. The number of carbonyl (C=O) groups excluding carboxylic acids is 1. The Morgan fingerprint density at radius 2 is 1.93 bits per heavy atom.